The highest BCUT2D eigenvalue weighted by molar-refractivity contribution is 6.06. The van der Waals surface area contributed by atoms with E-state index < -0.39 is 0 Å². The predicted octanol–water partition coefficient (Wildman–Crippen LogP) is 5.14. The van der Waals surface area contributed by atoms with Crippen molar-refractivity contribution in [2.75, 3.05) is 0 Å². The molecule has 0 saturated heterocycles. The van der Waals surface area contributed by atoms with Crippen molar-refractivity contribution in [1.82, 2.24) is 20.1 Å². The van der Waals surface area contributed by atoms with Crippen LogP contribution in [-0.2, 0) is 6.54 Å². The molecule has 5 nitrogen and oxygen atoms in total. The van der Waals surface area contributed by atoms with E-state index in [1.54, 1.807) is 0 Å². The van der Waals surface area contributed by atoms with Gasteiger partial charge < -0.3 is 5.32 Å². The molecule has 1 aliphatic carbocycles. The second-order valence-electron chi connectivity index (χ2n) is 7.83. The van der Waals surface area contributed by atoms with Crippen molar-refractivity contribution in [3.8, 4) is 11.4 Å². The largest absolute Gasteiger partial charge is 0.346 e. The SMILES string of the molecule is O=C(NCc1cc(-c2ccccn2)n(C2CCCC2)n1)c1cccc2ccccc12. The lowest BCUT2D eigenvalue weighted by atomic mass is 10.0. The number of benzene rings is 2. The molecule has 30 heavy (non-hydrogen) atoms. The van der Waals surface area contributed by atoms with Gasteiger partial charge in [-0.05, 0) is 47.9 Å². The van der Waals surface area contributed by atoms with Crippen molar-refractivity contribution < 1.29 is 4.79 Å². The van der Waals surface area contributed by atoms with Gasteiger partial charge in [-0.1, -0.05) is 55.3 Å². The molecular formula is C25H24N4O. The number of aromatic nitrogens is 3. The highest BCUT2D eigenvalue weighted by Crippen LogP contribution is 2.33. The molecule has 5 rings (SSSR count). The van der Waals surface area contributed by atoms with E-state index in [1.165, 1.54) is 12.8 Å². The summed E-state index contributed by atoms with van der Waals surface area (Å²) >= 11 is 0. The van der Waals surface area contributed by atoms with Crippen LogP contribution in [-0.4, -0.2) is 20.7 Å². The minimum absolute atomic E-state index is 0.0818. The Morgan fingerprint density at radius 1 is 1.00 bits per heavy atom. The van der Waals surface area contributed by atoms with Crippen LogP contribution in [0, 0.1) is 0 Å². The zero-order valence-corrected chi connectivity index (χ0v) is 16.8. The molecule has 1 saturated carbocycles. The maximum atomic E-state index is 12.9. The number of rotatable bonds is 5. The number of carbonyl (C=O) groups excluding carboxylic acids is 1. The van der Waals surface area contributed by atoms with Crippen LogP contribution in [0.5, 0.6) is 0 Å². The number of nitrogens with one attached hydrogen (secondary N) is 1. The van der Waals surface area contributed by atoms with Gasteiger partial charge in [0.15, 0.2) is 0 Å². The molecule has 1 fully saturated rings. The summed E-state index contributed by atoms with van der Waals surface area (Å²) in [6, 6.07) is 22.2. The maximum absolute atomic E-state index is 12.9. The molecule has 0 bridgehead atoms. The van der Waals surface area contributed by atoms with E-state index in [-0.39, 0.29) is 5.91 Å². The van der Waals surface area contributed by atoms with E-state index in [0.717, 1.165) is 40.7 Å². The first-order valence-corrected chi connectivity index (χ1v) is 10.6. The summed E-state index contributed by atoms with van der Waals surface area (Å²) in [7, 11) is 0. The van der Waals surface area contributed by atoms with Crippen molar-refractivity contribution in [2.45, 2.75) is 38.3 Å². The molecule has 2 heterocycles. The van der Waals surface area contributed by atoms with Gasteiger partial charge in [-0.25, -0.2) is 0 Å². The Kier molecular flexibility index (Phi) is 5.01. The Balaban J connectivity index is 1.40. The smallest absolute Gasteiger partial charge is 0.252 e. The van der Waals surface area contributed by atoms with Crippen LogP contribution < -0.4 is 5.32 Å². The quantitative estimate of drug-likeness (QED) is 0.508. The van der Waals surface area contributed by atoms with Gasteiger partial charge in [0.05, 0.1) is 29.7 Å². The topological polar surface area (TPSA) is 59.8 Å². The van der Waals surface area contributed by atoms with Gasteiger partial charge in [0.25, 0.3) is 5.91 Å². The highest BCUT2D eigenvalue weighted by Gasteiger charge is 2.22. The first kappa shape index (κ1) is 18.6. The van der Waals surface area contributed by atoms with E-state index in [2.05, 4.69) is 21.0 Å². The molecule has 0 unspecified atom stereocenters. The Hall–Kier alpha value is -3.47. The third-order valence-corrected chi connectivity index (χ3v) is 5.85. The monoisotopic (exact) mass is 396 g/mol. The third kappa shape index (κ3) is 3.59. The number of hydrogen-bond donors (Lipinski definition) is 1. The first-order chi connectivity index (χ1) is 14.8. The molecular weight excluding hydrogens is 372 g/mol. The van der Waals surface area contributed by atoms with Crippen molar-refractivity contribution >= 4 is 16.7 Å². The number of carbonyl (C=O) groups is 1. The zero-order valence-electron chi connectivity index (χ0n) is 16.8. The molecule has 5 heteroatoms. The van der Waals surface area contributed by atoms with Gasteiger partial charge in [0.2, 0.25) is 0 Å². The Bertz CT molecular complexity index is 1170. The highest BCUT2D eigenvalue weighted by atomic mass is 16.1. The van der Waals surface area contributed by atoms with Gasteiger partial charge in [0, 0.05) is 11.8 Å². The Labute approximate surface area is 175 Å². The minimum atomic E-state index is -0.0818. The molecule has 2 aromatic carbocycles. The summed E-state index contributed by atoms with van der Waals surface area (Å²) in [6.45, 7) is 0.390. The molecule has 150 valence electrons. The number of hydrogen-bond acceptors (Lipinski definition) is 3. The molecule has 1 amide bonds. The average Bonchev–Trinajstić information content (AvgIpc) is 3.47. The summed E-state index contributed by atoms with van der Waals surface area (Å²) in [5.74, 6) is -0.0818. The van der Waals surface area contributed by atoms with Crippen LogP contribution in [0.4, 0.5) is 0 Å². The van der Waals surface area contributed by atoms with Gasteiger partial charge in [-0.2, -0.15) is 5.10 Å². The van der Waals surface area contributed by atoms with E-state index in [4.69, 9.17) is 5.10 Å². The van der Waals surface area contributed by atoms with Crippen LogP contribution in [0.2, 0.25) is 0 Å². The summed E-state index contributed by atoms with van der Waals surface area (Å²) in [5.41, 5.74) is 3.49. The normalized spacial score (nSPS) is 14.3. The lowest BCUT2D eigenvalue weighted by molar-refractivity contribution is 0.0952. The fourth-order valence-electron chi connectivity index (χ4n) is 4.35. The van der Waals surface area contributed by atoms with Crippen molar-refractivity contribution in [1.29, 1.82) is 0 Å². The standard InChI is InChI=1S/C25H24N4O/c30-25(22-13-7-9-18-8-1-4-12-21(18)22)27-17-19-16-24(23-14-5-6-15-26-23)29(28-19)20-10-2-3-11-20/h1,4-9,12-16,20H,2-3,10-11,17H2,(H,27,30). The fraction of sp³-hybridized carbons (Fsp3) is 0.240. The number of fused-ring (bicyclic) bond motifs is 1. The summed E-state index contributed by atoms with van der Waals surface area (Å²) in [5, 5.41) is 9.94. The van der Waals surface area contributed by atoms with Gasteiger partial charge in [0.1, 0.15) is 0 Å². The van der Waals surface area contributed by atoms with Crippen molar-refractivity contribution in [3.05, 3.63) is 84.2 Å². The number of amides is 1. The second kappa shape index (κ2) is 8.11. The van der Waals surface area contributed by atoms with Gasteiger partial charge in [-0.3, -0.25) is 14.5 Å². The zero-order chi connectivity index (χ0) is 20.3. The van der Waals surface area contributed by atoms with E-state index >= 15 is 0 Å². The molecule has 0 spiro atoms. The molecule has 0 atom stereocenters. The fourth-order valence-corrected chi connectivity index (χ4v) is 4.35. The van der Waals surface area contributed by atoms with Crippen LogP contribution in [0.3, 0.4) is 0 Å². The molecule has 0 radical (unpaired) electrons. The Morgan fingerprint density at radius 2 is 1.80 bits per heavy atom. The number of nitrogens with zero attached hydrogens (tertiary/aromatic N) is 3. The van der Waals surface area contributed by atoms with Gasteiger partial charge in [-0.15, -0.1) is 0 Å². The summed E-state index contributed by atoms with van der Waals surface area (Å²) in [4.78, 5) is 17.4. The predicted molar refractivity (Wildman–Crippen MR) is 118 cm³/mol. The van der Waals surface area contributed by atoms with Crippen LogP contribution in [0.15, 0.2) is 72.9 Å². The lowest BCUT2D eigenvalue weighted by Crippen LogP contribution is -2.23. The number of pyridine rings is 1. The van der Waals surface area contributed by atoms with Crippen LogP contribution in [0.25, 0.3) is 22.2 Å². The van der Waals surface area contributed by atoms with Crippen molar-refractivity contribution in [3.63, 3.8) is 0 Å². The average molecular weight is 396 g/mol. The molecule has 1 aliphatic rings. The first-order valence-electron chi connectivity index (χ1n) is 10.6. The van der Waals surface area contributed by atoms with Crippen LogP contribution in [0.1, 0.15) is 47.8 Å². The molecule has 0 aliphatic heterocycles. The van der Waals surface area contributed by atoms with E-state index in [1.807, 2.05) is 66.9 Å². The molecule has 2 aromatic heterocycles. The maximum Gasteiger partial charge on any atom is 0.252 e. The molecule has 4 aromatic rings. The second-order valence-corrected chi connectivity index (χ2v) is 7.83. The summed E-state index contributed by atoms with van der Waals surface area (Å²) in [6.07, 6.45) is 6.56. The lowest BCUT2D eigenvalue weighted by Gasteiger charge is -2.13. The van der Waals surface area contributed by atoms with Crippen LogP contribution >= 0.6 is 0 Å². The summed E-state index contributed by atoms with van der Waals surface area (Å²) < 4.78 is 2.12. The molecule has 1 N–H and O–H groups in total. The third-order valence-electron chi connectivity index (χ3n) is 5.85. The van der Waals surface area contributed by atoms with Crippen molar-refractivity contribution in [2.24, 2.45) is 0 Å². The minimum Gasteiger partial charge on any atom is -0.346 e. The van der Waals surface area contributed by atoms with E-state index in [9.17, 15) is 4.79 Å². The van der Waals surface area contributed by atoms with Gasteiger partial charge >= 0.3 is 0 Å². The Morgan fingerprint density at radius 3 is 2.63 bits per heavy atom. The van der Waals surface area contributed by atoms with E-state index in [0.29, 0.717) is 18.2 Å².